The molecule has 3 N–H and O–H groups in total. The van der Waals surface area contributed by atoms with Crippen molar-refractivity contribution < 1.29 is 13.5 Å². The molecule has 3 aromatic rings. The molecule has 1 heterocycles. The van der Waals surface area contributed by atoms with Gasteiger partial charge >= 0.3 is 0 Å². The number of hydrogen-bond donors (Lipinski definition) is 3. The average Bonchev–Trinajstić information content (AvgIpc) is 2.58. The highest BCUT2D eigenvalue weighted by molar-refractivity contribution is 8.22. The van der Waals surface area contributed by atoms with Crippen molar-refractivity contribution in [3.63, 3.8) is 0 Å². The quantitative estimate of drug-likeness (QED) is 0.656. The highest BCUT2D eigenvalue weighted by Gasteiger charge is 2.16. The van der Waals surface area contributed by atoms with Gasteiger partial charge in [0.25, 0.3) is 5.56 Å². The van der Waals surface area contributed by atoms with E-state index < -0.39 is 16.6 Å². The minimum atomic E-state index is -3.10. The molecule has 0 aliphatic heterocycles. The molecule has 1 aromatic heterocycles. The average molecular weight is 362 g/mol. The van der Waals surface area contributed by atoms with E-state index in [9.17, 15) is 18.3 Å². The molecule has 0 aliphatic carbocycles. The van der Waals surface area contributed by atoms with Crippen LogP contribution in [-0.4, -0.2) is 20.2 Å². The second-order valence-electron chi connectivity index (χ2n) is 5.72. The number of fused-ring (bicyclic) bond motifs is 1. The fourth-order valence-electron chi connectivity index (χ4n) is 2.80. The Morgan fingerprint density at radius 2 is 1.92 bits per heavy atom. The molecule has 0 saturated heterocycles. The van der Waals surface area contributed by atoms with Gasteiger partial charge in [0.2, 0.25) is 0 Å². The summed E-state index contributed by atoms with van der Waals surface area (Å²) < 4.78 is 38.1. The molecule has 0 atom stereocenters. The predicted molar refractivity (Wildman–Crippen MR) is 99.4 cm³/mol. The molecular weight excluding hydrogens is 343 g/mol. The number of nitrogens with zero attached hydrogens (tertiary/aromatic N) is 1. The van der Waals surface area contributed by atoms with E-state index in [1.54, 1.807) is 44.4 Å². The van der Waals surface area contributed by atoms with E-state index in [0.29, 0.717) is 28.0 Å². The molecule has 0 spiro atoms. The molecule has 5 nitrogen and oxygen atoms in total. The van der Waals surface area contributed by atoms with Crippen molar-refractivity contribution >= 4 is 21.5 Å². The molecule has 25 heavy (non-hydrogen) atoms. The maximum absolute atomic E-state index is 13.6. The lowest BCUT2D eigenvalue weighted by Gasteiger charge is -2.32. The number of pyridine rings is 1. The Hall–Kier alpha value is -2.19. The van der Waals surface area contributed by atoms with Gasteiger partial charge in [0.05, 0.1) is 10.3 Å². The van der Waals surface area contributed by atoms with Crippen LogP contribution in [0.3, 0.4) is 0 Å². The Morgan fingerprint density at radius 3 is 2.64 bits per heavy atom. The van der Waals surface area contributed by atoms with Crippen LogP contribution >= 0.6 is 10.8 Å². The van der Waals surface area contributed by atoms with E-state index in [1.807, 2.05) is 6.07 Å². The number of benzene rings is 2. The van der Waals surface area contributed by atoms with Gasteiger partial charge in [-0.15, -0.1) is 10.8 Å². The second kappa shape index (κ2) is 6.61. The van der Waals surface area contributed by atoms with Gasteiger partial charge < -0.3 is 4.57 Å². The molecule has 0 bridgehead atoms. The third-order valence-corrected chi connectivity index (χ3v) is 5.57. The molecular formula is C18H19FN2O3S. The minimum Gasteiger partial charge on any atom is -0.317 e. The van der Waals surface area contributed by atoms with E-state index in [-0.39, 0.29) is 10.9 Å². The van der Waals surface area contributed by atoms with Gasteiger partial charge in [0.1, 0.15) is 5.82 Å². The number of hydrogen-bond acceptors (Lipinski definition) is 4. The van der Waals surface area contributed by atoms with Crippen LogP contribution in [0.5, 0.6) is 0 Å². The van der Waals surface area contributed by atoms with Gasteiger partial charge in [-0.25, -0.2) is 9.11 Å². The standard InChI is InChI=1S/C18H19FN2O3S/c1-3-20-25(23,24)14-6-4-5-12(9-14)17-11-21(2)18(22)16-10-13(19)7-8-15(16)17/h4-11,20,23-24H,3H2,1-2H3. The Kier molecular flexibility index (Phi) is 4.66. The molecule has 0 fully saturated rings. The fraction of sp³-hybridized carbons (Fsp3) is 0.167. The molecule has 0 aliphatic rings. The molecule has 2 aromatic carbocycles. The van der Waals surface area contributed by atoms with Gasteiger partial charge in [-0.3, -0.25) is 13.9 Å². The van der Waals surface area contributed by atoms with Crippen LogP contribution in [0.25, 0.3) is 21.9 Å². The van der Waals surface area contributed by atoms with Crippen molar-refractivity contribution in [2.45, 2.75) is 11.8 Å². The summed E-state index contributed by atoms with van der Waals surface area (Å²) in [6.45, 7) is 2.20. The monoisotopic (exact) mass is 362 g/mol. The van der Waals surface area contributed by atoms with Crippen LogP contribution in [0.4, 0.5) is 4.39 Å². The van der Waals surface area contributed by atoms with Crippen molar-refractivity contribution in [1.29, 1.82) is 0 Å². The summed E-state index contributed by atoms with van der Waals surface area (Å²) >= 11 is 0. The highest BCUT2D eigenvalue weighted by atomic mass is 32.3. The van der Waals surface area contributed by atoms with Crippen LogP contribution in [-0.2, 0) is 7.05 Å². The van der Waals surface area contributed by atoms with Crippen LogP contribution in [0, 0.1) is 5.82 Å². The second-order valence-corrected chi connectivity index (χ2v) is 7.58. The van der Waals surface area contributed by atoms with E-state index in [4.69, 9.17) is 0 Å². The first kappa shape index (κ1) is 17.6. The van der Waals surface area contributed by atoms with E-state index in [2.05, 4.69) is 4.72 Å². The lowest BCUT2D eigenvalue weighted by Crippen LogP contribution is -2.19. The molecule has 0 unspecified atom stereocenters. The Morgan fingerprint density at radius 1 is 1.16 bits per heavy atom. The van der Waals surface area contributed by atoms with Gasteiger partial charge in [-0.2, -0.15) is 0 Å². The maximum atomic E-state index is 13.6. The van der Waals surface area contributed by atoms with Crippen molar-refractivity contribution in [3.05, 3.63) is 64.8 Å². The first-order valence-electron chi connectivity index (χ1n) is 7.75. The zero-order chi connectivity index (χ0) is 18.2. The summed E-state index contributed by atoms with van der Waals surface area (Å²) in [5.41, 5.74) is 1.14. The third kappa shape index (κ3) is 3.32. The number of rotatable bonds is 4. The van der Waals surface area contributed by atoms with Gasteiger partial charge in [0.15, 0.2) is 0 Å². The fourth-order valence-corrected chi connectivity index (χ4v) is 3.92. The Labute approximate surface area is 146 Å². The lowest BCUT2D eigenvalue weighted by atomic mass is 10.0. The summed E-state index contributed by atoms with van der Waals surface area (Å²) in [7, 11) is -1.49. The Bertz CT molecular complexity index is 1000. The molecule has 132 valence electrons. The molecule has 0 saturated carbocycles. The lowest BCUT2D eigenvalue weighted by molar-refractivity contribution is 0.472. The smallest absolute Gasteiger partial charge is 0.258 e. The maximum Gasteiger partial charge on any atom is 0.258 e. The van der Waals surface area contributed by atoms with Gasteiger partial charge in [-0.05, 0) is 35.2 Å². The summed E-state index contributed by atoms with van der Waals surface area (Å²) in [5.74, 6) is -0.475. The van der Waals surface area contributed by atoms with Crippen LogP contribution in [0.15, 0.2) is 58.4 Å². The Balaban J connectivity index is 2.24. The van der Waals surface area contributed by atoms with Gasteiger partial charge in [0, 0.05) is 25.4 Å². The predicted octanol–water partition coefficient (Wildman–Crippen LogP) is 3.98. The van der Waals surface area contributed by atoms with E-state index in [0.717, 1.165) is 0 Å². The van der Waals surface area contributed by atoms with Crippen molar-refractivity contribution in [1.82, 2.24) is 9.29 Å². The summed E-state index contributed by atoms with van der Waals surface area (Å²) in [5, 5.41) is 0.894. The summed E-state index contributed by atoms with van der Waals surface area (Å²) in [4.78, 5) is 12.6. The molecule has 0 amide bonds. The van der Waals surface area contributed by atoms with E-state index in [1.165, 1.54) is 16.7 Å². The topological polar surface area (TPSA) is 74.5 Å². The molecule has 7 heteroatoms. The number of aromatic nitrogens is 1. The first-order chi connectivity index (χ1) is 11.8. The minimum absolute atomic E-state index is 0.281. The van der Waals surface area contributed by atoms with Crippen LogP contribution in [0.2, 0.25) is 0 Å². The normalized spacial score (nSPS) is 12.5. The van der Waals surface area contributed by atoms with Crippen LogP contribution in [0.1, 0.15) is 6.92 Å². The zero-order valence-electron chi connectivity index (χ0n) is 13.9. The zero-order valence-corrected chi connectivity index (χ0v) is 14.7. The first-order valence-corrected chi connectivity index (χ1v) is 9.30. The highest BCUT2D eigenvalue weighted by Crippen LogP contribution is 2.45. The largest absolute Gasteiger partial charge is 0.317 e. The van der Waals surface area contributed by atoms with E-state index >= 15 is 0 Å². The summed E-state index contributed by atoms with van der Waals surface area (Å²) in [6.07, 6.45) is 1.67. The number of nitrogens with one attached hydrogen (secondary N) is 1. The van der Waals surface area contributed by atoms with Gasteiger partial charge in [-0.1, -0.05) is 25.1 Å². The summed E-state index contributed by atoms with van der Waals surface area (Å²) in [6, 6.07) is 10.9. The van der Waals surface area contributed by atoms with Crippen LogP contribution < -0.4 is 10.3 Å². The van der Waals surface area contributed by atoms with Crippen molar-refractivity contribution in [2.24, 2.45) is 7.05 Å². The molecule has 3 rings (SSSR count). The van der Waals surface area contributed by atoms with Crippen molar-refractivity contribution in [2.75, 3.05) is 6.54 Å². The number of halogens is 1. The third-order valence-electron chi connectivity index (χ3n) is 3.96. The van der Waals surface area contributed by atoms with Crippen molar-refractivity contribution in [3.8, 4) is 11.1 Å². The molecule has 0 radical (unpaired) electrons. The SMILES string of the molecule is CCNS(O)(O)c1cccc(-c2cn(C)c(=O)c3cc(F)ccc23)c1. The number of aryl methyl sites for hydroxylation is 1.